The monoisotopic (exact) mass is 155 g/mol. The molecule has 0 aromatic rings. The number of carbonyl (C=O) groups is 1. The van der Waals surface area contributed by atoms with Crippen LogP contribution in [0.3, 0.4) is 0 Å². The lowest BCUT2D eigenvalue weighted by Crippen LogP contribution is -2.28. The van der Waals surface area contributed by atoms with Gasteiger partial charge in [-0.1, -0.05) is 6.42 Å². The lowest BCUT2D eigenvalue weighted by atomic mass is 9.99. The summed E-state index contributed by atoms with van der Waals surface area (Å²) >= 11 is 0. The molecule has 0 aliphatic heterocycles. The van der Waals surface area contributed by atoms with Crippen molar-refractivity contribution in [2.75, 3.05) is 0 Å². The minimum absolute atomic E-state index is 0.429. The van der Waals surface area contributed by atoms with Crippen LogP contribution in [0.2, 0.25) is 0 Å². The Morgan fingerprint density at radius 2 is 2.00 bits per heavy atom. The van der Waals surface area contributed by atoms with E-state index in [4.69, 9.17) is 5.84 Å². The first-order chi connectivity index (χ1) is 5.33. The van der Waals surface area contributed by atoms with Crippen LogP contribution in [0.25, 0.3) is 0 Å². The molecule has 1 rings (SSSR count). The number of hydrazine groups is 1. The standard InChI is InChI=1S/C7H13N3O/c8-10-7(11)9-6-4-2-1-3-5-6/h1-5,8H2,(H,10,11). The van der Waals surface area contributed by atoms with Crippen LogP contribution in [0.5, 0.6) is 0 Å². The molecule has 1 aliphatic rings. The summed E-state index contributed by atoms with van der Waals surface area (Å²) in [5.41, 5.74) is 2.97. The van der Waals surface area contributed by atoms with Crippen molar-refractivity contribution in [2.24, 2.45) is 10.8 Å². The van der Waals surface area contributed by atoms with Gasteiger partial charge in [-0.2, -0.15) is 0 Å². The Labute approximate surface area is 65.8 Å². The molecule has 0 radical (unpaired) electrons. The van der Waals surface area contributed by atoms with Crippen molar-refractivity contribution >= 4 is 11.7 Å². The number of carbonyl (C=O) groups excluding carboxylic acids is 1. The highest BCUT2D eigenvalue weighted by Gasteiger charge is 2.07. The van der Waals surface area contributed by atoms with Crippen LogP contribution < -0.4 is 11.3 Å². The van der Waals surface area contributed by atoms with Gasteiger partial charge in [-0.05, 0) is 25.7 Å². The van der Waals surface area contributed by atoms with Gasteiger partial charge in [-0.3, -0.25) is 5.43 Å². The molecule has 4 nitrogen and oxygen atoms in total. The summed E-state index contributed by atoms with van der Waals surface area (Å²) in [5, 5.41) is 0. The van der Waals surface area contributed by atoms with Crippen molar-refractivity contribution in [3.05, 3.63) is 0 Å². The van der Waals surface area contributed by atoms with Crippen molar-refractivity contribution in [3.63, 3.8) is 0 Å². The van der Waals surface area contributed by atoms with Crippen molar-refractivity contribution < 1.29 is 4.79 Å². The third-order valence-corrected chi connectivity index (χ3v) is 1.81. The fourth-order valence-corrected chi connectivity index (χ4v) is 1.25. The maximum atomic E-state index is 10.7. The van der Waals surface area contributed by atoms with Gasteiger partial charge in [0.15, 0.2) is 0 Å². The molecule has 0 bridgehead atoms. The molecule has 0 unspecified atom stereocenters. The summed E-state index contributed by atoms with van der Waals surface area (Å²) in [6.45, 7) is 0. The van der Waals surface area contributed by atoms with Crippen LogP contribution in [0.1, 0.15) is 32.1 Å². The molecule has 0 saturated heterocycles. The van der Waals surface area contributed by atoms with Gasteiger partial charge < -0.3 is 0 Å². The Bertz CT molecular complexity index is 169. The Kier molecular flexibility index (Phi) is 3.04. The number of hydrogen-bond donors (Lipinski definition) is 2. The number of nitrogens with zero attached hydrogens (tertiary/aromatic N) is 1. The second-order valence-electron chi connectivity index (χ2n) is 2.69. The number of rotatable bonds is 0. The molecular formula is C7H13N3O. The van der Waals surface area contributed by atoms with Gasteiger partial charge in [0.05, 0.1) is 0 Å². The number of nitrogens with one attached hydrogen (secondary N) is 1. The van der Waals surface area contributed by atoms with Gasteiger partial charge in [0, 0.05) is 5.71 Å². The highest BCUT2D eigenvalue weighted by Crippen LogP contribution is 2.14. The maximum Gasteiger partial charge on any atom is 0.354 e. The number of aliphatic imine (C=N–C) groups is 1. The average molecular weight is 155 g/mol. The topological polar surface area (TPSA) is 67.5 Å². The van der Waals surface area contributed by atoms with E-state index in [2.05, 4.69) is 4.99 Å². The minimum atomic E-state index is -0.429. The first kappa shape index (κ1) is 8.20. The molecular weight excluding hydrogens is 142 g/mol. The SMILES string of the molecule is NNC(=O)N=C1CCCCC1. The zero-order valence-electron chi connectivity index (χ0n) is 6.47. The van der Waals surface area contributed by atoms with E-state index in [0.29, 0.717) is 0 Å². The van der Waals surface area contributed by atoms with Crippen LogP contribution in [0.15, 0.2) is 4.99 Å². The van der Waals surface area contributed by atoms with Gasteiger partial charge in [0.2, 0.25) is 0 Å². The number of amides is 2. The van der Waals surface area contributed by atoms with Crippen molar-refractivity contribution in [2.45, 2.75) is 32.1 Å². The van der Waals surface area contributed by atoms with E-state index in [1.54, 1.807) is 0 Å². The van der Waals surface area contributed by atoms with Crippen LogP contribution in [0.4, 0.5) is 4.79 Å². The predicted octanol–water partition coefficient (Wildman–Crippen LogP) is 0.975. The largest absolute Gasteiger partial charge is 0.354 e. The van der Waals surface area contributed by atoms with Gasteiger partial charge in [-0.25, -0.2) is 15.6 Å². The molecule has 4 heteroatoms. The molecule has 0 spiro atoms. The second-order valence-corrected chi connectivity index (χ2v) is 2.69. The Balaban J connectivity index is 2.43. The highest BCUT2D eigenvalue weighted by atomic mass is 16.2. The van der Waals surface area contributed by atoms with Crippen molar-refractivity contribution in [3.8, 4) is 0 Å². The highest BCUT2D eigenvalue weighted by molar-refractivity contribution is 5.95. The van der Waals surface area contributed by atoms with E-state index in [1.807, 2.05) is 5.43 Å². The summed E-state index contributed by atoms with van der Waals surface area (Å²) in [7, 11) is 0. The summed E-state index contributed by atoms with van der Waals surface area (Å²) in [6, 6.07) is -0.429. The fraction of sp³-hybridized carbons (Fsp3) is 0.714. The van der Waals surface area contributed by atoms with E-state index in [0.717, 1.165) is 31.4 Å². The van der Waals surface area contributed by atoms with Crippen molar-refractivity contribution in [1.29, 1.82) is 0 Å². The first-order valence-electron chi connectivity index (χ1n) is 3.90. The molecule has 1 saturated carbocycles. The summed E-state index contributed by atoms with van der Waals surface area (Å²) in [6.07, 6.45) is 5.46. The maximum absolute atomic E-state index is 10.7. The molecule has 3 N–H and O–H groups in total. The number of hydrogen-bond acceptors (Lipinski definition) is 2. The molecule has 11 heavy (non-hydrogen) atoms. The van der Waals surface area contributed by atoms with Gasteiger partial charge in [0.25, 0.3) is 0 Å². The molecule has 0 aromatic heterocycles. The summed E-state index contributed by atoms with van der Waals surface area (Å²) < 4.78 is 0. The zero-order valence-corrected chi connectivity index (χ0v) is 6.47. The van der Waals surface area contributed by atoms with E-state index in [1.165, 1.54) is 6.42 Å². The fourth-order valence-electron chi connectivity index (χ4n) is 1.25. The van der Waals surface area contributed by atoms with Gasteiger partial charge >= 0.3 is 6.03 Å². The minimum Gasteiger partial charge on any atom is -0.274 e. The zero-order chi connectivity index (χ0) is 8.10. The quantitative estimate of drug-likeness (QED) is 0.311. The van der Waals surface area contributed by atoms with E-state index < -0.39 is 6.03 Å². The van der Waals surface area contributed by atoms with Crippen LogP contribution in [-0.2, 0) is 0 Å². The Hall–Kier alpha value is -0.900. The number of nitrogens with two attached hydrogens (primary N) is 1. The molecule has 2 amide bonds. The van der Waals surface area contributed by atoms with Gasteiger partial charge in [0.1, 0.15) is 0 Å². The lowest BCUT2D eigenvalue weighted by Gasteiger charge is -2.10. The molecule has 1 aliphatic carbocycles. The smallest absolute Gasteiger partial charge is 0.274 e. The van der Waals surface area contributed by atoms with Gasteiger partial charge in [-0.15, -0.1) is 0 Å². The first-order valence-corrected chi connectivity index (χ1v) is 3.90. The molecule has 62 valence electrons. The molecule has 1 fully saturated rings. The van der Waals surface area contributed by atoms with E-state index in [9.17, 15) is 4.79 Å². The molecule has 0 aromatic carbocycles. The van der Waals surface area contributed by atoms with E-state index in [-0.39, 0.29) is 0 Å². The summed E-state index contributed by atoms with van der Waals surface area (Å²) in [5.74, 6) is 4.88. The second kappa shape index (κ2) is 4.08. The third-order valence-electron chi connectivity index (χ3n) is 1.81. The molecule has 0 atom stereocenters. The predicted molar refractivity (Wildman–Crippen MR) is 43.2 cm³/mol. The van der Waals surface area contributed by atoms with Crippen LogP contribution >= 0.6 is 0 Å². The van der Waals surface area contributed by atoms with E-state index >= 15 is 0 Å². The van der Waals surface area contributed by atoms with Crippen LogP contribution in [-0.4, -0.2) is 11.7 Å². The Morgan fingerprint density at radius 3 is 2.55 bits per heavy atom. The number of urea groups is 1. The van der Waals surface area contributed by atoms with Crippen molar-refractivity contribution in [1.82, 2.24) is 5.43 Å². The molecule has 0 heterocycles. The Morgan fingerprint density at radius 1 is 1.36 bits per heavy atom. The normalized spacial score (nSPS) is 17.7. The summed E-state index contributed by atoms with van der Waals surface area (Å²) in [4.78, 5) is 14.5. The lowest BCUT2D eigenvalue weighted by molar-refractivity contribution is 0.249. The van der Waals surface area contributed by atoms with Crippen LogP contribution in [0, 0.1) is 0 Å². The third kappa shape index (κ3) is 2.67. The average Bonchev–Trinajstić information content (AvgIpc) is 2.06.